The summed E-state index contributed by atoms with van der Waals surface area (Å²) in [5.74, 6) is -0.252. The fourth-order valence-corrected chi connectivity index (χ4v) is 1.24. The molecule has 17 heavy (non-hydrogen) atoms. The van der Waals surface area contributed by atoms with Crippen molar-refractivity contribution in [3.8, 4) is 0 Å². The Hall–Kier alpha value is -1.94. The Labute approximate surface area is 101 Å². The van der Waals surface area contributed by atoms with Gasteiger partial charge in [0.1, 0.15) is 0 Å². The summed E-state index contributed by atoms with van der Waals surface area (Å²) in [4.78, 5) is 22.1. The zero-order valence-electron chi connectivity index (χ0n) is 9.69. The van der Waals surface area contributed by atoms with Gasteiger partial charge in [-0.05, 0) is 18.2 Å². The molecular formula is C13H15N2O2. The first kappa shape index (κ1) is 13.1. The van der Waals surface area contributed by atoms with Crippen LogP contribution in [0.1, 0.15) is 12.5 Å². The molecule has 4 heteroatoms. The average Bonchev–Trinajstić information content (AvgIpc) is 2.36. The number of allylic oxidation sites excluding steroid dienone is 1. The van der Waals surface area contributed by atoms with E-state index < -0.39 is 0 Å². The lowest BCUT2D eigenvalue weighted by Crippen LogP contribution is -2.33. The Kier molecular flexibility index (Phi) is 5.68. The second kappa shape index (κ2) is 7.35. The Morgan fingerprint density at radius 1 is 1.35 bits per heavy atom. The summed E-state index contributed by atoms with van der Waals surface area (Å²) in [6.07, 6.45) is 3.29. The second-order valence-corrected chi connectivity index (χ2v) is 3.40. The minimum atomic E-state index is -0.252. The maximum absolute atomic E-state index is 11.4. The molecular weight excluding hydrogens is 216 g/mol. The van der Waals surface area contributed by atoms with Crippen molar-refractivity contribution in [3.05, 3.63) is 41.6 Å². The van der Waals surface area contributed by atoms with Crippen LogP contribution in [-0.4, -0.2) is 25.3 Å². The number of rotatable bonds is 6. The van der Waals surface area contributed by atoms with Gasteiger partial charge in [-0.2, -0.15) is 0 Å². The smallest absolute Gasteiger partial charge is 0.251 e. The molecule has 2 N–H and O–H groups in total. The summed E-state index contributed by atoms with van der Waals surface area (Å²) in [7, 11) is 0. The second-order valence-electron chi connectivity index (χ2n) is 3.40. The van der Waals surface area contributed by atoms with Gasteiger partial charge in [-0.15, -0.1) is 0 Å². The quantitative estimate of drug-likeness (QED) is 0.714. The standard InChI is InChI=1S/C13H15N2O2/c1-2-14-9-13(17)15-12(10-16)8-11-6-4-3-5-7-11/h3-8,14H,2,9H2,1H3,(H,15,17). The lowest BCUT2D eigenvalue weighted by atomic mass is 10.2. The molecule has 0 bridgehead atoms. The van der Waals surface area contributed by atoms with E-state index in [1.165, 1.54) is 0 Å². The number of hydrogen-bond donors (Lipinski definition) is 2. The number of hydrogen-bond acceptors (Lipinski definition) is 3. The fraction of sp³-hybridized carbons (Fsp3) is 0.231. The van der Waals surface area contributed by atoms with Gasteiger partial charge >= 0.3 is 0 Å². The third-order valence-electron chi connectivity index (χ3n) is 2.03. The molecule has 0 unspecified atom stereocenters. The molecule has 0 aliphatic rings. The zero-order valence-corrected chi connectivity index (χ0v) is 9.69. The fourth-order valence-electron chi connectivity index (χ4n) is 1.24. The topological polar surface area (TPSA) is 58.2 Å². The van der Waals surface area contributed by atoms with E-state index >= 15 is 0 Å². The number of nitrogens with one attached hydrogen (secondary N) is 2. The first-order valence-corrected chi connectivity index (χ1v) is 5.41. The summed E-state index contributed by atoms with van der Waals surface area (Å²) in [6.45, 7) is 2.79. The average molecular weight is 231 g/mol. The van der Waals surface area contributed by atoms with E-state index in [1.54, 1.807) is 12.4 Å². The number of benzene rings is 1. The molecule has 0 aliphatic carbocycles. The van der Waals surface area contributed by atoms with Crippen molar-refractivity contribution < 1.29 is 9.59 Å². The third kappa shape index (κ3) is 5.08. The van der Waals surface area contributed by atoms with Crippen molar-refractivity contribution in [1.29, 1.82) is 0 Å². The molecule has 0 fully saturated rings. The molecule has 1 aromatic rings. The molecule has 0 aromatic heterocycles. The summed E-state index contributed by atoms with van der Waals surface area (Å²) < 4.78 is 0. The van der Waals surface area contributed by atoms with Gasteiger partial charge in [0.15, 0.2) is 0 Å². The lowest BCUT2D eigenvalue weighted by Gasteiger charge is -2.04. The van der Waals surface area contributed by atoms with Gasteiger partial charge in [-0.3, -0.25) is 9.59 Å². The van der Waals surface area contributed by atoms with Crippen LogP contribution in [0.3, 0.4) is 0 Å². The maximum atomic E-state index is 11.4. The number of amides is 1. The van der Waals surface area contributed by atoms with E-state index in [9.17, 15) is 9.59 Å². The minimum absolute atomic E-state index is 0.138. The van der Waals surface area contributed by atoms with Crippen LogP contribution in [0.4, 0.5) is 0 Å². The molecule has 89 valence electrons. The Bertz CT molecular complexity index is 399. The van der Waals surface area contributed by atoms with Crippen LogP contribution in [-0.2, 0) is 9.59 Å². The van der Waals surface area contributed by atoms with Crippen LogP contribution in [0.2, 0.25) is 0 Å². The summed E-state index contributed by atoms with van der Waals surface area (Å²) in [5, 5.41) is 5.36. The summed E-state index contributed by atoms with van der Waals surface area (Å²) in [6, 6.07) is 9.27. The number of carbonyl (C=O) groups is 1. The van der Waals surface area contributed by atoms with Crippen LogP contribution in [0, 0.1) is 0 Å². The van der Waals surface area contributed by atoms with E-state index in [2.05, 4.69) is 10.6 Å². The monoisotopic (exact) mass is 231 g/mol. The van der Waals surface area contributed by atoms with Crippen LogP contribution in [0.5, 0.6) is 0 Å². The molecule has 1 radical (unpaired) electrons. The van der Waals surface area contributed by atoms with Gasteiger partial charge in [0, 0.05) is 0 Å². The highest BCUT2D eigenvalue weighted by Gasteiger charge is 2.03. The molecule has 1 rings (SSSR count). The van der Waals surface area contributed by atoms with E-state index in [1.807, 2.05) is 37.3 Å². The SMILES string of the molecule is CCNCC(=O)NC([C]=O)=Cc1ccccc1. The van der Waals surface area contributed by atoms with E-state index in [0.717, 1.165) is 5.56 Å². The van der Waals surface area contributed by atoms with Crippen molar-refractivity contribution >= 4 is 18.3 Å². The molecule has 4 nitrogen and oxygen atoms in total. The minimum Gasteiger partial charge on any atom is -0.322 e. The molecule has 0 spiro atoms. The highest BCUT2D eigenvalue weighted by Crippen LogP contribution is 2.03. The molecule has 1 amide bonds. The number of likely N-dealkylation sites (N-methyl/N-ethyl adjacent to an activating group) is 1. The summed E-state index contributed by atoms with van der Waals surface area (Å²) >= 11 is 0. The predicted octanol–water partition coefficient (Wildman–Crippen LogP) is 0.863. The van der Waals surface area contributed by atoms with Gasteiger partial charge in [0.05, 0.1) is 12.2 Å². The summed E-state index contributed by atoms with van der Waals surface area (Å²) in [5.41, 5.74) is 0.980. The van der Waals surface area contributed by atoms with Crippen molar-refractivity contribution in [1.82, 2.24) is 10.6 Å². The largest absolute Gasteiger partial charge is 0.322 e. The van der Waals surface area contributed by atoms with Gasteiger partial charge in [-0.1, -0.05) is 37.3 Å². The normalized spacial score (nSPS) is 11.0. The van der Waals surface area contributed by atoms with Crippen molar-refractivity contribution in [2.75, 3.05) is 13.1 Å². The van der Waals surface area contributed by atoms with Crippen LogP contribution in [0.25, 0.3) is 6.08 Å². The van der Waals surface area contributed by atoms with Crippen molar-refractivity contribution in [2.45, 2.75) is 6.92 Å². The molecule has 0 saturated carbocycles. The molecule has 0 heterocycles. The van der Waals surface area contributed by atoms with E-state index in [-0.39, 0.29) is 18.1 Å². The zero-order chi connectivity index (χ0) is 12.5. The molecule has 1 aromatic carbocycles. The van der Waals surface area contributed by atoms with Crippen LogP contribution < -0.4 is 10.6 Å². The first-order valence-electron chi connectivity index (χ1n) is 5.41. The highest BCUT2D eigenvalue weighted by atomic mass is 16.2. The van der Waals surface area contributed by atoms with Crippen molar-refractivity contribution in [3.63, 3.8) is 0 Å². The Balaban J connectivity index is 2.63. The van der Waals surface area contributed by atoms with Crippen molar-refractivity contribution in [2.24, 2.45) is 0 Å². The predicted molar refractivity (Wildman–Crippen MR) is 66.8 cm³/mol. The lowest BCUT2D eigenvalue weighted by molar-refractivity contribution is -0.119. The van der Waals surface area contributed by atoms with Gasteiger partial charge in [0.25, 0.3) is 6.29 Å². The molecule has 0 saturated heterocycles. The Morgan fingerprint density at radius 3 is 2.65 bits per heavy atom. The highest BCUT2D eigenvalue weighted by molar-refractivity contribution is 5.91. The van der Waals surface area contributed by atoms with Crippen LogP contribution in [0.15, 0.2) is 36.0 Å². The van der Waals surface area contributed by atoms with Gasteiger partial charge < -0.3 is 10.6 Å². The maximum Gasteiger partial charge on any atom is 0.251 e. The number of carbonyl (C=O) groups excluding carboxylic acids is 2. The van der Waals surface area contributed by atoms with E-state index in [4.69, 9.17) is 0 Å². The van der Waals surface area contributed by atoms with Gasteiger partial charge in [0.2, 0.25) is 5.91 Å². The molecule has 0 aliphatic heterocycles. The molecule has 0 atom stereocenters. The first-order chi connectivity index (χ1) is 8.26. The van der Waals surface area contributed by atoms with Crippen LogP contribution >= 0.6 is 0 Å². The van der Waals surface area contributed by atoms with Gasteiger partial charge in [-0.25, -0.2) is 0 Å². The Morgan fingerprint density at radius 2 is 2.06 bits per heavy atom. The van der Waals surface area contributed by atoms with E-state index in [0.29, 0.717) is 6.54 Å². The third-order valence-corrected chi connectivity index (χ3v) is 2.03.